The number of rotatable bonds is 7. The number of amides is 1. The molecule has 0 bridgehead atoms. The van der Waals surface area contributed by atoms with Crippen molar-refractivity contribution < 1.29 is 23.1 Å². The number of aromatic nitrogens is 2. The van der Waals surface area contributed by atoms with Crippen LogP contribution in [0.1, 0.15) is 52.1 Å². The molecule has 0 radical (unpaired) electrons. The first-order chi connectivity index (χ1) is 15.8. The number of carbonyl (C=O) groups is 1. The lowest BCUT2D eigenvalue weighted by molar-refractivity contribution is -0.137. The van der Waals surface area contributed by atoms with E-state index in [4.69, 9.17) is 0 Å². The smallest absolute Gasteiger partial charge is 0.390 e. The van der Waals surface area contributed by atoms with E-state index in [0.717, 1.165) is 49.5 Å². The van der Waals surface area contributed by atoms with Gasteiger partial charge in [0.2, 0.25) is 0 Å². The fraction of sp³-hybridized carbons (Fsp3) is 0.391. The number of H-pyrrole nitrogens is 1. The van der Waals surface area contributed by atoms with E-state index in [1.54, 1.807) is 17.5 Å². The molecule has 1 aliphatic heterocycles. The first-order valence-corrected chi connectivity index (χ1v) is 11.6. The summed E-state index contributed by atoms with van der Waals surface area (Å²) in [5, 5.41) is 18.3. The average Bonchev–Trinajstić information content (AvgIpc) is 3.49. The van der Waals surface area contributed by atoms with E-state index in [9.17, 15) is 23.1 Å². The highest BCUT2D eigenvalue weighted by Crippen LogP contribution is 2.31. The van der Waals surface area contributed by atoms with Gasteiger partial charge in [0.15, 0.2) is 0 Å². The lowest BCUT2D eigenvalue weighted by atomic mass is 9.91. The Morgan fingerprint density at radius 3 is 2.55 bits per heavy atom. The van der Waals surface area contributed by atoms with Crippen molar-refractivity contribution in [2.75, 3.05) is 13.1 Å². The Labute approximate surface area is 193 Å². The van der Waals surface area contributed by atoms with E-state index in [1.165, 1.54) is 23.5 Å². The second-order valence-corrected chi connectivity index (χ2v) is 9.04. The molecule has 1 fully saturated rings. The molecule has 1 aromatic carbocycles. The second kappa shape index (κ2) is 10.1. The number of hydrogen-bond donors (Lipinski definition) is 4. The van der Waals surface area contributed by atoms with Crippen LogP contribution in [0.3, 0.4) is 0 Å². The van der Waals surface area contributed by atoms with E-state index in [0.29, 0.717) is 28.6 Å². The summed E-state index contributed by atoms with van der Waals surface area (Å²) in [6, 6.07) is 7.80. The highest BCUT2D eigenvalue weighted by molar-refractivity contribution is 7.09. The van der Waals surface area contributed by atoms with Crippen molar-refractivity contribution in [3.05, 3.63) is 63.7 Å². The predicted octanol–water partition coefficient (Wildman–Crippen LogP) is 4.51. The van der Waals surface area contributed by atoms with Gasteiger partial charge in [-0.25, -0.2) is 4.98 Å². The van der Waals surface area contributed by atoms with E-state index < -0.39 is 11.7 Å². The SMILES string of the molecule is O=C(N[C@@H](CC1CCNCC1)c1nc(CO)cs1)c1ccc(-c2ccc(C(F)(F)F)cc2)[nH]1. The summed E-state index contributed by atoms with van der Waals surface area (Å²) in [4.78, 5) is 20.5. The van der Waals surface area contributed by atoms with Crippen molar-refractivity contribution in [2.24, 2.45) is 5.92 Å². The molecule has 33 heavy (non-hydrogen) atoms. The van der Waals surface area contributed by atoms with Gasteiger partial charge in [0.25, 0.3) is 5.91 Å². The summed E-state index contributed by atoms with van der Waals surface area (Å²) in [6.07, 6.45) is -1.61. The van der Waals surface area contributed by atoms with Crippen LogP contribution in [-0.4, -0.2) is 34.1 Å². The number of carbonyl (C=O) groups excluding carboxylic acids is 1. The molecule has 4 N–H and O–H groups in total. The van der Waals surface area contributed by atoms with Crippen LogP contribution in [-0.2, 0) is 12.8 Å². The summed E-state index contributed by atoms with van der Waals surface area (Å²) >= 11 is 1.41. The van der Waals surface area contributed by atoms with Crippen molar-refractivity contribution in [3.63, 3.8) is 0 Å². The minimum absolute atomic E-state index is 0.155. The number of benzene rings is 1. The van der Waals surface area contributed by atoms with Crippen molar-refractivity contribution in [2.45, 2.75) is 38.1 Å². The van der Waals surface area contributed by atoms with Gasteiger partial charge in [0.05, 0.1) is 23.9 Å². The Hall–Kier alpha value is -2.69. The van der Waals surface area contributed by atoms with Crippen LogP contribution < -0.4 is 10.6 Å². The van der Waals surface area contributed by atoms with Crippen molar-refractivity contribution in [1.82, 2.24) is 20.6 Å². The third-order valence-electron chi connectivity index (χ3n) is 5.82. The second-order valence-electron chi connectivity index (χ2n) is 8.15. The zero-order valence-electron chi connectivity index (χ0n) is 17.8. The van der Waals surface area contributed by atoms with Gasteiger partial charge in [-0.1, -0.05) is 12.1 Å². The molecule has 1 amide bonds. The first-order valence-electron chi connectivity index (χ1n) is 10.8. The minimum Gasteiger partial charge on any atom is -0.390 e. The van der Waals surface area contributed by atoms with E-state index >= 15 is 0 Å². The van der Waals surface area contributed by atoms with E-state index in [-0.39, 0.29) is 18.6 Å². The zero-order chi connectivity index (χ0) is 23.4. The van der Waals surface area contributed by atoms with Crippen LogP contribution >= 0.6 is 11.3 Å². The molecule has 6 nitrogen and oxygen atoms in total. The Morgan fingerprint density at radius 2 is 1.91 bits per heavy atom. The number of nitrogens with zero attached hydrogens (tertiary/aromatic N) is 1. The Balaban J connectivity index is 1.49. The monoisotopic (exact) mass is 478 g/mol. The summed E-state index contributed by atoms with van der Waals surface area (Å²) in [6.45, 7) is 1.73. The third-order valence-corrected chi connectivity index (χ3v) is 6.82. The largest absolute Gasteiger partial charge is 0.416 e. The number of halogens is 3. The van der Waals surface area contributed by atoms with Gasteiger partial charge in [-0.05, 0) is 68.1 Å². The topological polar surface area (TPSA) is 90.0 Å². The van der Waals surface area contributed by atoms with Gasteiger partial charge < -0.3 is 20.7 Å². The highest BCUT2D eigenvalue weighted by atomic mass is 32.1. The maximum atomic E-state index is 13.0. The average molecular weight is 479 g/mol. The molecule has 4 rings (SSSR count). The molecule has 1 aliphatic rings. The maximum Gasteiger partial charge on any atom is 0.416 e. The van der Waals surface area contributed by atoms with Crippen LogP contribution in [0.25, 0.3) is 11.3 Å². The normalized spacial score (nSPS) is 16.0. The molecule has 3 aromatic rings. The van der Waals surface area contributed by atoms with Crippen LogP contribution in [0, 0.1) is 5.92 Å². The Morgan fingerprint density at radius 1 is 1.18 bits per heavy atom. The van der Waals surface area contributed by atoms with Gasteiger partial charge in [0, 0.05) is 11.1 Å². The van der Waals surface area contributed by atoms with Crippen LogP contribution in [0.4, 0.5) is 13.2 Å². The molecule has 0 spiro atoms. The third kappa shape index (κ3) is 5.82. The number of aliphatic hydroxyl groups is 1. The number of alkyl halides is 3. The quantitative estimate of drug-likeness (QED) is 0.402. The fourth-order valence-corrected chi connectivity index (χ4v) is 4.87. The molecule has 1 atom stereocenters. The van der Waals surface area contributed by atoms with Gasteiger partial charge in [0.1, 0.15) is 10.7 Å². The molecule has 176 valence electrons. The number of thiazole rings is 1. The highest BCUT2D eigenvalue weighted by Gasteiger charge is 2.30. The number of aliphatic hydroxyl groups excluding tert-OH is 1. The Bertz CT molecular complexity index is 1070. The van der Waals surface area contributed by atoms with Gasteiger partial charge in [-0.2, -0.15) is 13.2 Å². The lowest BCUT2D eigenvalue weighted by Crippen LogP contribution is -2.33. The Kier molecular flexibility index (Phi) is 7.16. The fourth-order valence-electron chi connectivity index (χ4n) is 4.00. The van der Waals surface area contributed by atoms with Gasteiger partial charge in [-0.15, -0.1) is 11.3 Å². The van der Waals surface area contributed by atoms with Crippen LogP contribution in [0.15, 0.2) is 41.8 Å². The standard InChI is InChI=1S/C23H25F3N4O2S/c24-23(25,26)16-3-1-15(2-4-16)18-5-6-19(29-18)21(32)30-20(11-14-7-9-27-10-8-14)22-28-17(12-31)13-33-22/h1-6,13-14,20,27,29,31H,7-12H2,(H,30,32)/t20-/m0/s1. The zero-order valence-corrected chi connectivity index (χ0v) is 18.6. The number of aromatic amines is 1. The van der Waals surface area contributed by atoms with Crippen molar-refractivity contribution >= 4 is 17.2 Å². The van der Waals surface area contributed by atoms with Crippen LogP contribution in [0.2, 0.25) is 0 Å². The summed E-state index contributed by atoms with van der Waals surface area (Å²) in [5.74, 6) is 0.136. The molecule has 0 saturated carbocycles. The molecule has 1 saturated heterocycles. The van der Waals surface area contributed by atoms with Gasteiger partial charge in [-0.3, -0.25) is 4.79 Å². The number of hydrogen-bond acceptors (Lipinski definition) is 5. The molecule has 0 unspecified atom stereocenters. The molecule has 3 heterocycles. The molecular formula is C23H25F3N4O2S. The minimum atomic E-state index is -4.39. The van der Waals surface area contributed by atoms with E-state index in [2.05, 4.69) is 20.6 Å². The number of nitrogens with one attached hydrogen (secondary N) is 3. The molecular weight excluding hydrogens is 453 g/mol. The van der Waals surface area contributed by atoms with Crippen molar-refractivity contribution in [1.29, 1.82) is 0 Å². The summed E-state index contributed by atoms with van der Waals surface area (Å²) < 4.78 is 38.4. The van der Waals surface area contributed by atoms with Gasteiger partial charge >= 0.3 is 6.18 Å². The molecule has 10 heteroatoms. The number of piperidine rings is 1. The maximum absolute atomic E-state index is 13.0. The first kappa shape index (κ1) is 23.5. The molecule has 2 aromatic heterocycles. The van der Waals surface area contributed by atoms with E-state index in [1.807, 2.05) is 0 Å². The van der Waals surface area contributed by atoms with Crippen molar-refractivity contribution in [3.8, 4) is 11.3 Å². The summed E-state index contributed by atoms with van der Waals surface area (Å²) in [5.41, 5.74) is 1.28. The summed E-state index contributed by atoms with van der Waals surface area (Å²) in [7, 11) is 0. The molecule has 0 aliphatic carbocycles. The predicted molar refractivity (Wildman–Crippen MR) is 120 cm³/mol. The van der Waals surface area contributed by atoms with Crippen LogP contribution in [0.5, 0.6) is 0 Å². The lowest BCUT2D eigenvalue weighted by Gasteiger charge is -2.26.